The van der Waals surface area contributed by atoms with Crippen molar-refractivity contribution in [3.8, 4) is 23.0 Å². The molecular weight excluding hydrogens is 336 g/mol. The van der Waals surface area contributed by atoms with Gasteiger partial charge in [-0.2, -0.15) is 0 Å². The summed E-state index contributed by atoms with van der Waals surface area (Å²) >= 11 is 3.55. The number of hydrogen-bond donors (Lipinski definition) is 0. The monoisotopic (exact) mass is 360 g/mol. The first-order valence-corrected chi connectivity index (χ1v) is 7.98. The second kappa shape index (κ2) is 7.78. The summed E-state index contributed by atoms with van der Waals surface area (Å²) in [6.45, 7) is 7.24. The molecule has 0 heterocycles. The first kappa shape index (κ1) is 18.0. The van der Waals surface area contributed by atoms with E-state index in [1.54, 1.807) is 21.3 Å². The molecule has 120 valence electrons. The molecule has 0 fully saturated rings. The Morgan fingerprint density at radius 3 is 1.86 bits per heavy atom. The summed E-state index contributed by atoms with van der Waals surface area (Å²) in [5.74, 6) is 2.87. The molecule has 4 nitrogen and oxygen atoms in total. The zero-order valence-electron chi connectivity index (χ0n) is 13.7. The Morgan fingerprint density at radius 1 is 1.00 bits per heavy atom. The molecule has 0 aliphatic rings. The van der Waals surface area contributed by atoms with Crippen molar-refractivity contribution in [3.63, 3.8) is 0 Å². The van der Waals surface area contributed by atoms with Crippen LogP contribution in [0.5, 0.6) is 23.0 Å². The SMILES string of the molecule is COc1cc(OCC(CBr)C(C)(C)C)cc(OC)c1OC. The third kappa shape index (κ3) is 4.70. The van der Waals surface area contributed by atoms with Crippen molar-refractivity contribution >= 4 is 15.9 Å². The van der Waals surface area contributed by atoms with E-state index >= 15 is 0 Å². The molecule has 0 saturated heterocycles. The molecule has 1 unspecified atom stereocenters. The lowest BCUT2D eigenvalue weighted by Crippen LogP contribution is -2.27. The van der Waals surface area contributed by atoms with Crippen LogP contribution in [0.25, 0.3) is 0 Å². The van der Waals surface area contributed by atoms with Gasteiger partial charge < -0.3 is 18.9 Å². The minimum Gasteiger partial charge on any atom is -0.493 e. The number of methoxy groups -OCH3 is 3. The topological polar surface area (TPSA) is 36.9 Å². The molecule has 0 aromatic heterocycles. The van der Waals surface area contributed by atoms with Crippen LogP contribution in [0.15, 0.2) is 12.1 Å². The first-order chi connectivity index (χ1) is 9.87. The molecule has 5 heteroatoms. The molecule has 0 N–H and O–H groups in total. The predicted molar refractivity (Wildman–Crippen MR) is 88.3 cm³/mol. The van der Waals surface area contributed by atoms with Crippen LogP contribution in [-0.2, 0) is 0 Å². The molecule has 0 amide bonds. The molecular formula is C16H25BrO4. The molecule has 1 aromatic carbocycles. The molecule has 1 aromatic rings. The Morgan fingerprint density at radius 2 is 1.52 bits per heavy atom. The second-order valence-corrected chi connectivity index (χ2v) is 6.54. The van der Waals surface area contributed by atoms with Crippen LogP contribution in [0.4, 0.5) is 0 Å². The van der Waals surface area contributed by atoms with Crippen LogP contribution in [0.1, 0.15) is 20.8 Å². The molecule has 1 atom stereocenters. The fourth-order valence-electron chi connectivity index (χ4n) is 1.86. The van der Waals surface area contributed by atoms with E-state index in [9.17, 15) is 0 Å². The highest BCUT2D eigenvalue weighted by molar-refractivity contribution is 9.09. The van der Waals surface area contributed by atoms with Gasteiger partial charge in [-0.3, -0.25) is 0 Å². The van der Waals surface area contributed by atoms with E-state index in [4.69, 9.17) is 18.9 Å². The van der Waals surface area contributed by atoms with Gasteiger partial charge in [0.25, 0.3) is 0 Å². The summed E-state index contributed by atoms with van der Waals surface area (Å²) in [6, 6.07) is 3.63. The van der Waals surface area contributed by atoms with Crippen molar-refractivity contribution in [3.05, 3.63) is 12.1 Å². The maximum atomic E-state index is 5.92. The van der Waals surface area contributed by atoms with Crippen molar-refractivity contribution in [1.82, 2.24) is 0 Å². The van der Waals surface area contributed by atoms with Gasteiger partial charge in [0.15, 0.2) is 11.5 Å². The van der Waals surface area contributed by atoms with E-state index in [1.165, 1.54) is 0 Å². The first-order valence-electron chi connectivity index (χ1n) is 6.86. The van der Waals surface area contributed by atoms with Crippen molar-refractivity contribution in [2.24, 2.45) is 11.3 Å². The van der Waals surface area contributed by atoms with Crippen molar-refractivity contribution in [1.29, 1.82) is 0 Å². The summed E-state index contributed by atoms with van der Waals surface area (Å²) in [4.78, 5) is 0. The van der Waals surface area contributed by atoms with E-state index in [-0.39, 0.29) is 5.41 Å². The third-order valence-electron chi connectivity index (χ3n) is 3.50. The summed E-state index contributed by atoms with van der Waals surface area (Å²) in [7, 11) is 4.77. The molecule has 1 rings (SSSR count). The summed E-state index contributed by atoms with van der Waals surface area (Å²) < 4.78 is 21.9. The van der Waals surface area contributed by atoms with Crippen LogP contribution in [0, 0.1) is 11.3 Å². The number of halogens is 1. The maximum Gasteiger partial charge on any atom is 0.203 e. The second-order valence-electron chi connectivity index (χ2n) is 5.89. The largest absolute Gasteiger partial charge is 0.493 e. The summed E-state index contributed by atoms with van der Waals surface area (Å²) in [5.41, 5.74) is 0.171. The number of rotatable bonds is 7. The number of alkyl halides is 1. The average Bonchev–Trinajstić information content (AvgIpc) is 2.45. The van der Waals surface area contributed by atoms with E-state index < -0.39 is 0 Å². The van der Waals surface area contributed by atoms with Gasteiger partial charge >= 0.3 is 0 Å². The smallest absolute Gasteiger partial charge is 0.203 e. The van der Waals surface area contributed by atoms with Gasteiger partial charge in [0.2, 0.25) is 5.75 Å². The van der Waals surface area contributed by atoms with E-state index in [0.29, 0.717) is 35.5 Å². The Bertz CT molecular complexity index is 429. The van der Waals surface area contributed by atoms with Crippen molar-refractivity contribution < 1.29 is 18.9 Å². The summed E-state index contributed by atoms with van der Waals surface area (Å²) in [5, 5.41) is 0.890. The maximum absolute atomic E-state index is 5.92. The Balaban J connectivity index is 2.94. The standard InChI is InChI=1S/C16H25BrO4/c1-16(2,3)11(9-17)10-21-12-7-13(18-4)15(20-6)14(8-12)19-5/h7-8,11H,9-10H2,1-6H3. The zero-order valence-corrected chi connectivity index (χ0v) is 15.2. The van der Waals surface area contributed by atoms with Crippen LogP contribution in [-0.4, -0.2) is 33.3 Å². The fourth-order valence-corrected chi connectivity index (χ4v) is 3.02. The van der Waals surface area contributed by atoms with Gasteiger partial charge in [0.05, 0.1) is 27.9 Å². The molecule has 0 spiro atoms. The van der Waals surface area contributed by atoms with Crippen LogP contribution in [0.3, 0.4) is 0 Å². The predicted octanol–water partition coefficient (Wildman–Crippen LogP) is 4.15. The van der Waals surface area contributed by atoms with Crippen LogP contribution >= 0.6 is 15.9 Å². The molecule has 0 radical (unpaired) electrons. The zero-order chi connectivity index (χ0) is 16.0. The molecule has 0 saturated carbocycles. The third-order valence-corrected chi connectivity index (χ3v) is 4.28. The minimum absolute atomic E-state index is 0.171. The van der Waals surface area contributed by atoms with Crippen LogP contribution in [0.2, 0.25) is 0 Å². The van der Waals surface area contributed by atoms with E-state index in [1.807, 2.05) is 12.1 Å². The van der Waals surface area contributed by atoms with Crippen LogP contribution < -0.4 is 18.9 Å². The normalized spacial score (nSPS) is 12.7. The van der Waals surface area contributed by atoms with Crippen molar-refractivity contribution in [2.45, 2.75) is 20.8 Å². The van der Waals surface area contributed by atoms with E-state index in [2.05, 4.69) is 36.7 Å². The quantitative estimate of drug-likeness (QED) is 0.684. The van der Waals surface area contributed by atoms with E-state index in [0.717, 1.165) is 5.33 Å². The number of benzene rings is 1. The highest BCUT2D eigenvalue weighted by atomic mass is 79.9. The number of hydrogen-bond acceptors (Lipinski definition) is 4. The lowest BCUT2D eigenvalue weighted by atomic mass is 9.83. The Labute approximate surface area is 135 Å². The average molecular weight is 361 g/mol. The van der Waals surface area contributed by atoms with Gasteiger partial charge in [-0.1, -0.05) is 36.7 Å². The van der Waals surface area contributed by atoms with Gasteiger partial charge in [-0.15, -0.1) is 0 Å². The van der Waals surface area contributed by atoms with Gasteiger partial charge in [-0.25, -0.2) is 0 Å². The molecule has 0 aliphatic carbocycles. The number of ether oxygens (including phenoxy) is 4. The van der Waals surface area contributed by atoms with Gasteiger partial charge in [0.1, 0.15) is 5.75 Å². The highest BCUT2D eigenvalue weighted by Crippen LogP contribution is 2.41. The Hall–Kier alpha value is -1.10. The van der Waals surface area contributed by atoms with Gasteiger partial charge in [-0.05, 0) is 5.41 Å². The fraction of sp³-hybridized carbons (Fsp3) is 0.625. The molecule has 0 aliphatic heterocycles. The minimum atomic E-state index is 0.171. The molecule has 0 bridgehead atoms. The van der Waals surface area contributed by atoms with Gasteiger partial charge in [0, 0.05) is 23.4 Å². The highest BCUT2D eigenvalue weighted by Gasteiger charge is 2.24. The summed E-state index contributed by atoms with van der Waals surface area (Å²) in [6.07, 6.45) is 0. The lowest BCUT2D eigenvalue weighted by molar-refractivity contribution is 0.165. The van der Waals surface area contributed by atoms with Crippen molar-refractivity contribution in [2.75, 3.05) is 33.3 Å². The lowest BCUT2D eigenvalue weighted by Gasteiger charge is -2.29. The molecule has 21 heavy (non-hydrogen) atoms. The Kier molecular flexibility index (Phi) is 6.65.